The van der Waals surface area contributed by atoms with Gasteiger partial charge in [0.15, 0.2) is 0 Å². The summed E-state index contributed by atoms with van der Waals surface area (Å²) in [6.45, 7) is 4.33. The van der Waals surface area contributed by atoms with Gasteiger partial charge in [0.25, 0.3) is 5.91 Å². The molecule has 0 aliphatic carbocycles. The second-order valence-corrected chi connectivity index (χ2v) is 3.85. The number of hydrogen-bond acceptors (Lipinski definition) is 2. The summed E-state index contributed by atoms with van der Waals surface area (Å²) in [5.41, 5.74) is 2.32. The first-order valence-corrected chi connectivity index (χ1v) is 5.45. The normalized spacial score (nSPS) is 10.4. The van der Waals surface area contributed by atoms with Crippen molar-refractivity contribution in [2.24, 2.45) is 7.05 Å². The van der Waals surface area contributed by atoms with Gasteiger partial charge in [-0.2, -0.15) is 5.10 Å². The van der Waals surface area contributed by atoms with E-state index in [2.05, 4.69) is 10.4 Å². The lowest BCUT2D eigenvalue weighted by Crippen LogP contribution is -2.25. The Kier molecular flexibility index (Phi) is 4.15. The largest absolute Gasteiger partial charge is 0.352 e. The van der Waals surface area contributed by atoms with Gasteiger partial charge in [0.05, 0.1) is 11.3 Å². The van der Waals surface area contributed by atoms with Crippen molar-refractivity contribution in [1.29, 1.82) is 0 Å². The minimum absolute atomic E-state index is 0.0665. The highest BCUT2D eigenvalue weighted by Gasteiger charge is 2.16. The molecule has 0 aliphatic rings. The Morgan fingerprint density at radius 3 is 2.67 bits per heavy atom. The van der Waals surface area contributed by atoms with Gasteiger partial charge in [-0.1, -0.05) is 0 Å². The van der Waals surface area contributed by atoms with Crippen molar-refractivity contribution in [2.75, 3.05) is 12.4 Å². The topological polar surface area (TPSA) is 46.9 Å². The Balaban J connectivity index is 2.73. The third kappa shape index (κ3) is 2.72. The molecule has 84 valence electrons. The maximum atomic E-state index is 11.8. The number of carbonyl (C=O) groups is 1. The Bertz CT molecular complexity index is 360. The Labute approximate surface area is 94.6 Å². The Hall–Kier alpha value is -1.03. The SMILES string of the molecule is Cc1nn(C)c(C)c1C(=O)NCCCCl. The molecule has 0 aliphatic heterocycles. The van der Waals surface area contributed by atoms with Crippen LogP contribution in [0.25, 0.3) is 0 Å². The molecular formula is C10H16ClN3O. The van der Waals surface area contributed by atoms with E-state index in [4.69, 9.17) is 11.6 Å². The zero-order valence-corrected chi connectivity index (χ0v) is 10.1. The molecule has 0 aromatic carbocycles. The molecule has 1 heterocycles. The minimum atomic E-state index is -0.0665. The van der Waals surface area contributed by atoms with Crippen LogP contribution in [-0.2, 0) is 7.05 Å². The van der Waals surface area contributed by atoms with Crippen molar-refractivity contribution >= 4 is 17.5 Å². The predicted molar refractivity (Wildman–Crippen MR) is 60.4 cm³/mol. The first-order chi connectivity index (χ1) is 7.07. The summed E-state index contributed by atoms with van der Waals surface area (Å²) in [5, 5.41) is 7.01. The molecule has 1 aromatic rings. The summed E-state index contributed by atoms with van der Waals surface area (Å²) < 4.78 is 1.71. The van der Waals surface area contributed by atoms with Crippen molar-refractivity contribution in [1.82, 2.24) is 15.1 Å². The molecule has 0 radical (unpaired) electrons. The molecule has 0 saturated heterocycles. The number of aromatic nitrogens is 2. The van der Waals surface area contributed by atoms with Crippen LogP contribution in [0.5, 0.6) is 0 Å². The van der Waals surface area contributed by atoms with E-state index in [1.165, 1.54) is 0 Å². The van der Waals surface area contributed by atoms with Gasteiger partial charge in [0, 0.05) is 25.2 Å². The summed E-state index contributed by atoms with van der Waals surface area (Å²) in [5.74, 6) is 0.494. The molecule has 0 saturated carbocycles. The van der Waals surface area contributed by atoms with Gasteiger partial charge in [-0.3, -0.25) is 9.48 Å². The van der Waals surface area contributed by atoms with Gasteiger partial charge >= 0.3 is 0 Å². The van der Waals surface area contributed by atoms with Crippen LogP contribution in [0.1, 0.15) is 28.2 Å². The number of halogens is 1. The van der Waals surface area contributed by atoms with Crippen molar-refractivity contribution in [3.63, 3.8) is 0 Å². The van der Waals surface area contributed by atoms with E-state index in [0.29, 0.717) is 18.0 Å². The molecule has 1 rings (SSSR count). The summed E-state index contributed by atoms with van der Waals surface area (Å²) in [6, 6.07) is 0. The molecule has 5 heteroatoms. The highest BCUT2D eigenvalue weighted by atomic mass is 35.5. The molecule has 0 bridgehead atoms. The van der Waals surface area contributed by atoms with Crippen molar-refractivity contribution in [3.05, 3.63) is 17.0 Å². The number of alkyl halides is 1. The van der Waals surface area contributed by atoms with E-state index in [-0.39, 0.29) is 5.91 Å². The summed E-state index contributed by atoms with van der Waals surface area (Å²) in [6.07, 6.45) is 0.783. The lowest BCUT2D eigenvalue weighted by molar-refractivity contribution is 0.0952. The lowest BCUT2D eigenvalue weighted by atomic mass is 10.2. The fourth-order valence-electron chi connectivity index (χ4n) is 1.46. The second-order valence-electron chi connectivity index (χ2n) is 3.47. The van der Waals surface area contributed by atoms with Crippen LogP contribution >= 0.6 is 11.6 Å². The molecule has 0 fully saturated rings. The van der Waals surface area contributed by atoms with Crippen molar-refractivity contribution < 1.29 is 4.79 Å². The molecule has 4 nitrogen and oxygen atoms in total. The van der Waals surface area contributed by atoms with Crippen LogP contribution in [0.4, 0.5) is 0 Å². The highest BCUT2D eigenvalue weighted by molar-refractivity contribution is 6.17. The highest BCUT2D eigenvalue weighted by Crippen LogP contribution is 2.11. The zero-order chi connectivity index (χ0) is 11.4. The molecule has 15 heavy (non-hydrogen) atoms. The molecule has 0 unspecified atom stereocenters. The van der Waals surface area contributed by atoms with Gasteiger partial charge in [0.2, 0.25) is 0 Å². The van der Waals surface area contributed by atoms with Gasteiger partial charge < -0.3 is 5.32 Å². The molecule has 1 aromatic heterocycles. The Morgan fingerprint density at radius 1 is 1.53 bits per heavy atom. The van der Waals surface area contributed by atoms with Gasteiger partial charge in [-0.25, -0.2) is 0 Å². The van der Waals surface area contributed by atoms with Crippen LogP contribution in [0.2, 0.25) is 0 Å². The fraction of sp³-hybridized carbons (Fsp3) is 0.600. The van der Waals surface area contributed by atoms with Crippen molar-refractivity contribution in [2.45, 2.75) is 20.3 Å². The fourth-order valence-corrected chi connectivity index (χ4v) is 1.59. The standard InChI is InChI=1S/C10H16ClN3O/c1-7-9(8(2)14(3)13-7)10(15)12-6-4-5-11/h4-6H2,1-3H3,(H,12,15). The average Bonchev–Trinajstić information content (AvgIpc) is 2.41. The maximum absolute atomic E-state index is 11.8. The van der Waals surface area contributed by atoms with E-state index in [9.17, 15) is 4.79 Å². The van der Waals surface area contributed by atoms with E-state index >= 15 is 0 Å². The number of nitrogens with one attached hydrogen (secondary N) is 1. The summed E-state index contributed by atoms with van der Waals surface area (Å²) >= 11 is 5.53. The molecule has 0 atom stereocenters. The monoisotopic (exact) mass is 229 g/mol. The summed E-state index contributed by atoms with van der Waals surface area (Å²) in [7, 11) is 1.83. The van der Waals surface area contributed by atoms with Crippen LogP contribution in [0.15, 0.2) is 0 Å². The first-order valence-electron chi connectivity index (χ1n) is 4.92. The molecule has 1 amide bonds. The van der Waals surface area contributed by atoms with Gasteiger partial charge in [0.1, 0.15) is 0 Å². The van der Waals surface area contributed by atoms with Crippen LogP contribution < -0.4 is 5.32 Å². The number of carbonyl (C=O) groups excluding carboxylic acids is 1. The average molecular weight is 230 g/mol. The molecular weight excluding hydrogens is 214 g/mol. The minimum Gasteiger partial charge on any atom is -0.352 e. The Morgan fingerprint density at radius 2 is 2.20 bits per heavy atom. The third-order valence-corrected chi connectivity index (χ3v) is 2.60. The van der Waals surface area contributed by atoms with Crippen LogP contribution in [0, 0.1) is 13.8 Å². The molecule has 1 N–H and O–H groups in total. The van der Waals surface area contributed by atoms with Gasteiger partial charge in [-0.15, -0.1) is 11.6 Å². The van der Waals surface area contributed by atoms with E-state index < -0.39 is 0 Å². The number of aryl methyl sites for hydroxylation is 2. The predicted octanol–water partition coefficient (Wildman–Crippen LogP) is 1.40. The van der Waals surface area contributed by atoms with E-state index in [1.807, 2.05) is 20.9 Å². The van der Waals surface area contributed by atoms with Crippen molar-refractivity contribution in [3.8, 4) is 0 Å². The molecule has 0 spiro atoms. The first kappa shape index (κ1) is 12.0. The third-order valence-electron chi connectivity index (χ3n) is 2.33. The van der Waals surface area contributed by atoms with E-state index in [1.54, 1.807) is 4.68 Å². The van der Waals surface area contributed by atoms with E-state index in [0.717, 1.165) is 17.8 Å². The smallest absolute Gasteiger partial charge is 0.255 e. The quantitative estimate of drug-likeness (QED) is 0.627. The number of hydrogen-bond donors (Lipinski definition) is 1. The number of nitrogens with zero attached hydrogens (tertiary/aromatic N) is 2. The number of amides is 1. The lowest BCUT2D eigenvalue weighted by Gasteiger charge is -2.03. The zero-order valence-electron chi connectivity index (χ0n) is 9.30. The van der Waals surface area contributed by atoms with Crippen LogP contribution in [-0.4, -0.2) is 28.1 Å². The van der Waals surface area contributed by atoms with Crippen LogP contribution in [0.3, 0.4) is 0 Å². The maximum Gasteiger partial charge on any atom is 0.255 e. The second kappa shape index (κ2) is 5.16. The summed E-state index contributed by atoms with van der Waals surface area (Å²) in [4.78, 5) is 11.8. The van der Waals surface area contributed by atoms with Gasteiger partial charge in [-0.05, 0) is 20.3 Å². The number of rotatable bonds is 4.